The first kappa shape index (κ1) is 18.1. The van der Waals surface area contributed by atoms with Gasteiger partial charge < -0.3 is 14.8 Å². The van der Waals surface area contributed by atoms with E-state index in [2.05, 4.69) is 9.97 Å². The van der Waals surface area contributed by atoms with Crippen molar-refractivity contribution in [3.63, 3.8) is 0 Å². The maximum absolute atomic E-state index is 11.3. The molecule has 0 aliphatic rings. The van der Waals surface area contributed by atoms with Crippen molar-refractivity contribution in [1.82, 2.24) is 9.97 Å². The molecular weight excluding hydrogens is 376 g/mol. The number of nitrogens with one attached hydrogen (secondary N) is 1. The Balaban J connectivity index is 1.69. The van der Waals surface area contributed by atoms with Gasteiger partial charge in [-0.2, -0.15) is 4.98 Å². The lowest BCUT2D eigenvalue weighted by Crippen LogP contribution is -2.00. The molecule has 0 amide bonds. The van der Waals surface area contributed by atoms with Crippen molar-refractivity contribution in [2.75, 3.05) is 0 Å². The molecule has 0 saturated carbocycles. The number of carboxylic acid groups (broad SMARTS) is 1. The van der Waals surface area contributed by atoms with Crippen LogP contribution in [0.2, 0.25) is 5.02 Å². The molecule has 28 heavy (non-hydrogen) atoms. The van der Waals surface area contributed by atoms with Gasteiger partial charge in [-0.15, -0.1) is 0 Å². The van der Waals surface area contributed by atoms with Crippen molar-refractivity contribution >= 4 is 28.6 Å². The van der Waals surface area contributed by atoms with Crippen LogP contribution in [-0.2, 0) is 0 Å². The summed E-state index contributed by atoms with van der Waals surface area (Å²) in [4.78, 5) is 18.8. The summed E-state index contributed by atoms with van der Waals surface area (Å²) in [6.45, 7) is 3.77. The number of ether oxygens (including phenoxy) is 1. The molecular formula is C22H17ClN2O3. The van der Waals surface area contributed by atoms with Gasteiger partial charge in [0.15, 0.2) is 0 Å². The third-order valence-corrected chi connectivity index (χ3v) is 4.88. The van der Waals surface area contributed by atoms with Crippen LogP contribution in [0.4, 0.5) is 0 Å². The van der Waals surface area contributed by atoms with Crippen LogP contribution in [0, 0.1) is 13.8 Å². The van der Waals surface area contributed by atoms with Crippen molar-refractivity contribution in [1.29, 1.82) is 0 Å². The first-order valence-corrected chi connectivity index (χ1v) is 9.06. The number of aromatic nitrogens is 2. The molecule has 1 aromatic heterocycles. The fourth-order valence-corrected chi connectivity index (χ4v) is 3.29. The van der Waals surface area contributed by atoms with Gasteiger partial charge in [0.1, 0.15) is 5.75 Å². The zero-order valence-electron chi connectivity index (χ0n) is 15.3. The Morgan fingerprint density at radius 3 is 2.54 bits per heavy atom. The highest BCUT2D eigenvalue weighted by Crippen LogP contribution is 2.33. The Hall–Kier alpha value is -3.31. The summed E-state index contributed by atoms with van der Waals surface area (Å²) >= 11 is 6.47. The number of hydrogen-bond donors (Lipinski definition) is 2. The number of carboxylic acids is 1. The van der Waals surface area contributed by atoms with E-state index in [-0.39, 0.29) is 11.6 Å². The van der Waals surface area contributed by atoms with E-state index in [1.807, 2.05) is 43.3 Å². The SMILES string of the molecule is Cc1ccc(-c2cc3nc(Oc4ccc(C)c(C(=O)O)c4)[nH]c3cc2Cl)cc1. The smallest absolute Gasteiger partial charge is 0.336 e. The summed E-state index contributed by atoms with van der Waals surface area (Å²) < 4.78 is 5.74. The molecule has 0 bridgehead atoms. The summed E-state index contributed by atoms with van der Waals surface area (Å²) in [7, 11) is 0. The van der Waals surface area contributed by atoms with E-state index in [1.165, 1.54) is 11.6 Å². The Labute approximate surface area is 166 Å². The Morgan fingerprint density at radius 2 is 1.82 bits per heavy atom. The number of imidazole rings is 1. The molecule has 0 spiro atoms. The fraction of sp³-hybridized carbons (Fsp3) is 0.0909. The number of fused-ring (bicyclic) bond motifs is 1. The van der Waals surface area contributed by atoms with Gasteiger partial charge in [-0.05, 0) is 49.2 Å². The van der Waals surface area contributed by atoms with E-state index in [1.54, 1.807) is 19.1 Å². The van der Waals surface area contributed by atoms with Gasteiger partial charge in [0, 0.05) is 5.56 Å². The van der Waals surface area contributed by atoms with Crippen LogP contribution in [0.15, 0.2) is 54.6 Å². The maximum atomic E-state index is 11.3. The van der Waals surface area contributed by atoms with Gasteiger partial charge in [0.25, 0.3) is 6.01 Å². The zero-order chi connectivity index (χ0) is 19.8. The molecule has 0 saturated heterocycles. The van der Waals surface area contributed by atoms with Crippen LogP contribution in [0.5, 0.6) is 11.8 Å². The number of halogens is 1. The van der Waals surface area contributed by atoms with Gasteiger partial charge >= 0.3 is 5.97 Å². The van der Waals surface area contributed by atoms with Crippen molar-refractivity contribution in [2.45, 2.75) is 13.8 Å². The third kappa shape index (κ3) is 3.44. The number of rotatable bonds is 4. The average molecular weight is 393 g/mol. The number of nitrogens with zero attached hydrogens (tertiary/aromatic N) is 1. The first-order chi connectivity index (χ1) is 13.4. The monoisotopic (exact) mass is 392 g/mol. The molecule has 4 rings (SSSR count). The number of aryl methyl sites for hydroxylation is 2. The topological polar surface area (TPSA) is 75.2 Å². The minimum absolute atomic E-state index is 0.193. The number of H-pyrrole nitrogens is 1. The Kier molecular flexibility index (Phi) is 4.53. The van der Waals surface area contributed by atoms with Gasteiger partial charge in [-0.1, -0.05) is 47.5 Å². The predicted octanol–water partition coefficient (Wildman–Crippen LogP) is 5.99. The number of benzene rings is 3. The molecule has 0 atom stereocenters. The van der Waals surface area contributed by atoms with Crippen LogP contribution in [0.25, 0.3) is 22.2 Å². The minimum Gasteiger partial charge on any atom is -0.478 e. The summed E-state index contributed by atoms with van der Waals surface area (Å²) in [5, 5.41) is 9.87. The quantitative estimate of drug-likeness (QED) is 0.447. The average Bonchev–Trinajstić information content (AvgIpc) is 3.04. The molecule has 0 aliphatic heterocycles. The summed E-state index contributed by atoms with van der Waals surface area (Å²) in [6.07, 6.45) is 0. The molecule has 1 heterocycles. The Bertz CT molecular complexity index is 1200. The molecule has 4 aromatic rings. The molecule has 140 valence electrons. The Morgan fingerprint density at radius 1 is 1.07 bits per heavy atom. The molecule has 5 nitrogen and oxygen atoms in total. The van der Waals surface area contributed by atoms with Crippen molar-refractivity contribution < 1.29 is 14.6 Å². The molecule has 6 heteroatoms. The number of aromatic amines is 1. The van der Waals surface area contributed by atoms with E-state index >= 15 is 0 Å². The van der Waals surface area contributed by atoms with E-state index in [9.17, 15) is 9.90 Å². The zero-order valence-corrected chi connectivity index (χ0v) is 16.0. The molecule has 0 radical (unpaired) electrons. The fourth-order valence-electron chi connectivity index (χ4n) is 3.02. The molecule has 0 fully saturated rings. The largest absolute Gasteiger partial charge is 0.478 e. The van der Waals surface area contributed by atoms with E-state index in [0.29, 0.717) is 21.9 Å². The van der Waals surface area contributed by atoms with E-state index in [4.69, 9.17) is 16.3 Å². The van der Waals surface area contributed by atoms with E-state index < -0.39 is 5.97 Å². The molecule has 0 aliphatic carbocycles. The lowest BCUT2D eigenvalue weighted by atomic mass is 10.0. The lowest BCUT2D eigenvalue weighted by Gasteiger charge is -2.05. The van der Waals surface area contributed by atoms with Crippen LogP contribution in [0.3, 0.4) is 0 Å². The highest BCUT2D eigenvalue weighted by molar-refractivity contribution is 6.34. The highest BCUT2D eigenvalue weighted by Gasteiger charge is 2.13. The van der Waals surface area contributed by atoms with Crippen molar-refractivity contribution in [2.24, 2.45) is 0 Å². The van der Waals surface area contributed by atoms with Gasteiger partial charge in [-0.25, -0.2) is 4.79 Å². The minimum atomic E-state index is -0.998. The van der Waals surface area contributed by atoms with Crippen molar-refractivity contribution in [3.8, 4) is 22.9 Å². The second kappa shape index (κ2) is 7.02. The predicted molar refractivity (Wildman–Crippen MR) is 109 cm³/mol. The summed E-state index contributed by atoms with van der Waals surface area (Å²) in [5.41, 5.74) is 5.37. The van der Waals surface area contributed by atoms with E-state index in [0.717, 1.165) is 16.6 Å². The summed E-state index contributed by atoms with van der Waals surface area (Å²) in [6, 6.07) is 17.0. The van der Waals surface area contributed by atoms with Gasteiger partial charge in [0.2, 0.25) is 0 Å². The van der Waals surface area contributed by atoms with Gasteiger partial charge in [0.05, 0.1) is 21.6 Å². The normalized spacial score (nSPS) is 11.0. The van der Waals surface area contributed by atoms with Crippen LogP contribution in [-0.4, -0.2) is 21.0 Å². The maximum Gasteiger partial charge on any atom is 0.336 e. The van der Waals surface area contributed by atoms with Gasteiger partial charge in [-0.3, -0.25) is 0 Å². The second-order valence-corrected chi connectivity index (χ2v) is 7.05. The highest BCUT2D eigenvalue weighted by atomic mass is 35.5. The standard InChI is InChI=1S/C22H17ClN2O3/c1-12-3-6-14(7-4-12)17-10-19-20(11-18(17)23)25-22(24-19)28-15-8-5-13(2)16(9-15)21(26)27/h3-11H,1-2H3,(H,24,25)(H,26,27). The molecule has 3 aromatic carbocycles. The molecule has 0 unspecified atom stereocenters. The molecule has 2 N–H and O–H groups in total. The first-order valence-electron chi connectivity index (χ1n) is 8.69. The lowest BCUT2D eigenvalue weighted by molar-refractivity contribution is 0.0695. The van der Waals surface area contributed by atoms with Crippen LogP contribution >= 0.6 is 11.6 Å². The number of carbonyl (C=O) groups is 1. The van der Waals surface area contributed by atoms with Crippen LogP contribution in [0.1, 0.15) is 21.5 Å². The third-order valence-electron chi connectivity index (χ3n) is 4.57. The second-order valence-electron chi connectivity index (χ2n) is 6.64. The van der Waals surface area contributed by atoms with Crippen LogP contribution < -0.4 is 4.74 Å². The number of hydrogen-bond acceptors (Lipinski definition) is 3. The summed E-state index contributed by atoms with van der Waals surface area (Å²) in [5.74, 6) is -0.603. The van der Waals surface area contributed by atoms with Crippen molar-refractivity contribution in [3.05, 3.63) is 76.3 Å². The number of aromatic carboxylic acids is 1.